The van der Waals surface area contributed by atoms with Gasteiger partial charge in [-0.1, -0.05) is 0 Å². The number of nitrogens with zero attached hydrogens (tertiary/aromatic N) is 2. The van der Waals surface area contributed by atoms with Crippen molar-refractivity contribution in [2.75, 3.05) is 6.79 Å². The van der Waals surface area contributed by atoms with E-state index in [4.69, 9.17) is 14.2 Å². The molecule has 1 amide bonds. The lowest BCUT2D eigenvalue weighted by atomic mass is 10.3. The Hall–Kier alpha value is -3.07. The lowest BCUT2D eigenvalue weighted by Gasteiger charge is -2.09. The zero-order chi connectivity index (χ0) is 18.8. The summed E-state index contributed by atoms with van der Waals surface area (Å²) in [5.74, 6) is 1.74. The molecular weight excluding hydrogens is 368 g/mol. The number of benzene rings is 1. The van der Waals surface area contributed by atoms with E-state index in [1.807, 2.05) is 19.2 Å². The molecule has 0 radical (unpaired) electrons. The van der Waals surface area contributed by atoms with Crippen LogP contribution in [0.3, 0.4) is 0 Å². The molecule has 1 aliphatic rings. The average molecular weight is 386 g/mol. The van der Waals surface area contributed by atoms with Crippen molar-refractivity contribution in [2.45, 2.75) is 26.5 Å². The highest BCUT2D eigenvalue weighted by molar-refractivity contribution is 7.09. The van der Waals surface area contributed by atoms with Crippen LogP contribution in [0.25, 0.3) is 0 Å². The van der Waals surface area contributed by atoms with Gasteiger partial charge < -0.3 is 19.5 Å². The van der Waals surface area contributed by atoms with Gasteiger partial charge in [0.15, 0.2) is 11.5 Å². The van der Waals surface area contributed by atoms with E-state index in [1.54, 1.807) is 24.3 Å². The van der Waals surface area contributed by atoms with Crippen molar-refractivity contribution in [2.24, 2.45) is 0 Å². The number of nitrogens with one attached hydrogen (secondary N) is 2. The lowest BCUT2D eigenvalue weighted by Crippen LogP contribution is -2.26. The van der Waals surface area contributed by atoms with Crippen molar-refractivity contribution >= 4 is 17.2 Å². The third-order valence-electron chi connectivity index (χ3n) is 3.96. The Balaban J connectivity index is 1.34. The van der Waals surface area contributed by atoms with Crippen molar-refractivity contribution in [3.05, 3.63) is 51.7 Å². The van der Waals surface area contributed by atoms with Gasteiger partial charge in [-0.25, -0.2) is 4.98 Å². The molecule has 1 atom stereocenters. The van der Waals surface area contributed by atoms with Crippen LogP contribution in [0.15, 0.2) is 29.6 Å². The number of hydrogen-bond donors (Lipinski definition) is 2. The number of hydrogen-bond acceptors (Lipinski definition) is 7. The first-order valence-electron chi connectivity index (χ1n) is 8.38. The maximum absolute atomic E-state index is 12.4. The van der Waals surface area contributed by atoms with Crippen molar-refractivity contribution in [3.63, 3.8) is 0 Å². The van der Waals surface area contributed by atoms with E-state index < -0.39 is 0 Å². The highest BCUT2D eigenvalue weighted by atomic mass is 32.1. The van der Waals surface area contributed by atoms with Crippen molar-refractivity contribution in [1.82, 2.24) is 20.5 Å². The highest BCUT2D eigenvalue weighted by Gasteiger charge is 2.17. The Bertz CT molecular complexity index is 968. The Morgan fingerprint density at radius 3 is 3.04 bits per heavy atom. The normalized spacial score (nSPS) is 13.4. The van der Waals surface area contributed by atoms with Crippen LogP contribution in [-0.2, 0) is 6.61 Å². The number of aromatic amines is 1. The summed E-state index contributed by atoms with van der Waals surface area (Å²) >= 11 is 1.52. The Kier molecular flexibility index (Phi) is 4.68. The van der Waals surface area contributed by atoms with Crippen LogP contribution in [0.2, 0.25) is 0 Å². The van der Waals surface area contributed by atoms with Crippen LogP contribution in [0.4, 0.5) is 0 Å². The Labute approximate surface area is 159 Å². The summed E-state index contributed by atoms with van der Waals surface area (Å²) in [7, 11) is 0. The van der Waals surface area contributed by atoms with Crippen LogP contribution in [0.1, 0.15) is 39.8 Å². The monoisotopic (exact) mass is 386 g/mol. The van der Waals surface area contributed by atoms with Gasteiger partial charge in [0.05, 0.1) is 11.7 Å². The predicted molar refractivity (Wildman–Crippen MR) is 98.2 cm³/mol. The smallest absolute Gasteiger partial charge is 0.272 e. The zero-order valence-electron chi connectivity index (χ0n) is 14.8. The molecule has 27 heavy (non-hydrogen) atoms. The molecule has 140 valence electrons. The maximum Gasteiger partial charge on any atom is 0.272 e. The topological polar surface area (TPSA) is 98.4 Å². The summed E-state index contributed by atoms with van der Waals surface area (Å²) in [5.41, 5.74) is 1.94. The molecule has 0 aliphatic carbocycles. The first kappa shape index (κ1) is 17.3. The van der Waals surface area contributed by atoms with Gasteiger partial charge in [-0.2, -0.15) is 5.10 Å². The molecule has 2 aromatic heterocycles. The summed E-state index contributed by atoms with van der Waals surface area (Å²) in [5, 5.41) is 12.6. The van der Waals surface area contributed by atoms with Crippen LogP contribution < -0.4 is 19.5 Å². The van der Waals surface area contributed by atoms with E-state index in [2.05, 4.69) is 20.5 Å². The number of aromatic nitrogens is 3. The van der Waals surface area contributed by atoms with Gasteiger partial charge in [0.2, 0.25) is 6.79 Å². The fourth-order valence-electron chi connectivity index (χ4n) is 2.58. The van der Waals surface area contributed by atoms with Crippen molar-refractivity contribution < 1.29 is 19.0 Å². The summed E-state index contributed by atoms with van der Waals surface area (Å²) in [6, 6.07) is 6.85. The average Bonchev–Trinajstić information content (AvgIpc) is 3.39. The number of rotatable bonds is 6. The molecule has 1 aromatic carbocycles. The first-order chi connectivity index (χ1) is 13.1. The zero-order valence-corrected chi connectivity index (χ0v) is 15.6. The van der Waals surface area contributed by atoms with E-state index >= 15 is 0 Å². The van der Waals surface area contributed by atoms with Gasteiger partial charge in [-0.3, -0.25) is 9.89 Å². The third-order valence-corrected chi connectivity index (χ3v) is 5.10. The molecule has 0 saturated carbocycles. The first-order valence-corrected chi connectivity index (χ1v) is 9.26. The second-order valence-corrected chi connectivity index (χ2v) is 6.99. The number of carbonyl (C=O) groups is 1. The summed E-state index contributed by atoms with van der Waals surface area (Å²) in [6.07, 6.45) is 0. The van der Waals surface area contributed by atoms with Crippen LogP contribution in [0.5, 0.6) is 17.2 Å². The minimum Gasteiger partial charge on any atom is -0.487 e. The minimum absolute atomic E-state index is 0.179. The third kappa shape index (κ3) is 3.87. The number of fused-ring (bicyclic) bond motifs is 1. The van der Waals surface area contributed by atoms with Crippen LogP contribution >= 0.6 is 11.3 Å². The number of aryl methyl sites for hydroxylation is 1. The Morgan fingerprint density at radius 1 is 1.37 bits per heavy atom. The predicted octanol–water partition coefficient (Wildman–Crippen LogP) is 2.97. The quantitative estimate of drug-likeness (QED) is 0.676. The summed E-state index contributed by atoms with van der Waals surface area (Å²) < 4.78 is 16.3. The summed E-state index contributed by atoms with van der Waals surface area (Å²) in [4.78, 5) is 16.7. The molecule has 8 nitrogen and oxygen atoms in total. The molecule has 1 aliphatic heterocycles. The largest absolute Gasteiger partial charge is 0.487 e. The van der Waals surface area contributed by atoms with Crippen molar-refractivity contribution in [1.29, 1.82) is 0 Å². The van der Waals surface area contributed by atoms with E-state index in [0.717, 1.165) is 10.7 Å². The standard InChI is InChI=1S/C18H18N4O4S/c1-10-8-27-18(19-10)11(2)20-17(23)14-5-12(21-22-14)7-24-13-3-4-15-16(6-13)26-9-25-15/h3-6,8,11H,7,9H2,1-2H3,(H,20,23)(H,21,22). The van der Waals surface area contributed by atoms with Gasteiger partial charge in [-0.05, 0) is 32.0 Å². The number of thiazole rings is 1. The molecule has 0 spiro atoms. The van der Waals surface area contributed by atoms with Gasteiger partial charge in [0.25, 0.3) is 5.91 Å². The van der Waals surface area contributed by atoms with E-state index in [1.165, 1.54) is 11.3 Å². The molecule has 0 bridgehead atoms. The molecule has 0 fully saturated rings. The number of H-pyrrole nitrogens is 1. The molecule has 4 rings (SSSR count). The van der Waals surface area contributed by atoms with E-state index in [9.17, 15) is 4.79 Å². The number of amides is 1. The molecule has 0 saturated heterocycles. The maximum atomic E-state index is 12.4. The van der Waals surface area contributed by atoms with Gasteiger partial charge in [-0.15, -0.1) is 11.3 Å². The fraction of sp³-hybridized carbons (Fsp3) is 0.278. The fourth-order valence-corrected chi connectivity index (χ4v) is 3.39. The van der Waals surface area contributed by atoms with E-state index in [-0.39, 0.29) is 25.3 Å². The van der Waals surface area contributed by atoms with Gasteiger partial charge in [0.1, 0.15) is 23.1 Å². The van der Waals surface area contributed by atoms with E-state index in [0.29, 0.717) is 28.6 Å². The SMILES string of the molecule is Cc1csc(C(C)NC(=O)c2cc(COc3ccc4c(c3)OCO4)[nH]n2)n1. The van der Waals surface area contributed by atoms with Gasteiger partial charge >= 0.3 is 0 Å². The van der Waals surface area contributed by atoms with Gasteiger partial charge in [0, 0.05) is 17.1 Å². The number of ether oxygens (including phenoxy) is 3. The highest BCUT2D eigenvalue weighted by Crippen LogP contribution is 2.35. The van der Waals surface area contributed by atoms with Crippen molar-refractivity contribution in [3.8, 4) is 17.2 Å². The van der Waals surface area contributed by atoms with Crippen LogP contribution in [-0.4, -0.2) is 27.9 Å². The molecule has 1 unspecified atom stereocenters. The number of carbonyl (C=O) groups excluding carboxylic acids is 1. The molecule has 2 N–H and O–H groups in total. The molecular formula is C18H18N4O4S. The molecule has 3 heterocycles. The molecule has 3 aromatic rings. The Morgan fingerprint density at radius 2 is 2.22 bits per heavy atom. The minimum atomic E-state index is -0.263. The lowest BCUT2D eigenvalue weighted by molar-refractivity contribution is 0.0934. The second kappa shape index (κ2) is 7.28. The van der Waals surface area contributed by atoms with Crippen LogP contribution in [0, 0.1) is 6.92 Å². The second-order valence-electron chi connectivity index (χ2n) is 6.10. The molecule has 9 heteroatoms. The summed E-state index contributed by atoms with van der Waals surface area (Å²) in [6.45, 7) is 4.29.